The van der Waals surface area contributed by atoms with Crippen molar-refractivity contribution in [3.63, 3.8) is 0 Å². The Bertz CT molecular complexity index is 1280. The number of anilines is 1. The Morgan fingerprint density at radius 1 is 1.07 bits per heavy atom. The molecule has 0 spiro atoms. The van der Waals surface area contributed by atoms with Crippen LogP contribution < -0.4 is 9.73 Å². The van der Waals surface area contributed by atoms with Gasteiger partial charge in [-0.25, -0.2) is 8.42 Å². The van der Waals surface area contributed by atoms with Crippen LogP contribution in [0.4, 0.5) is 5.69 Å². The van der Waals surface area contributed by atoms with E-state index in [2.05, 4.69) is 0 Å². The van der Waals surface area contributed by atoms with E-state index in [4.69, 9.17) is 4.42 Å². The second kappa shape index (κ2) is 6.16. The molecule has 8 nitrogen and oxygen atoms in total. The van der Waals surface area contributed by atoms with Crippen LogP contribution >= 0.6 is 0 Å². The van der Waals surface area contributed by atoms with Gasteiger partial charge in [-0.05, 0) is 49.2 Å². The molecular formula is C19H17NO7S. The van der Waals surface area contributed by atoms with E-state index in [0.717, 1.165) is 6.07 Å². The zero-order valence-corrected chi connectivity index (χ0v) is 15.7. The Kier molecular flexibility index (Phi) is 4.00. The average molecular weight is 403 g/mol. The van der Waals surface area contributed by atoms with Crippen LogP contribution in [0, 0.1) is 6.92 Å². The number of fused-ring (bicyclic) bond motifs is 1. The third kappa shape index (κ3) is 2.75. The summed E-state index contributed by atoms with van der Waals surface area (Å²) >= 11 is 0. The SMILES string of the molecule is Cc1cc(N2CCCS2(=O)=O)c2oc(-c3ccc(O)c(O)c3)c(O)c(=O)c2c1. The molecule has 1 aromatic heterocycles. The van der Waals surface area contributed by atoms with Crippen molar-refractivity contribution in [2.75, 3.05) is 16.6 Å². The van der Waals surface area contributed by atoms with Gasteiger partial charge in [0.15, 0.2) is 22.8 Å². The number of phenols is 2. The molecule has 3 N–H and O–H groups in total. The number of nitrogens with zero attached hydrogens (tertiary/aromatic N) is 1. The van der Waals surface area contributed by atoms with Crippen LogP contribution in [-0.2, 0) is 10.0 Å². The molecular weight excluding hydrogens is 386 g/mol. The lowest BCUT2D eigenvalue weighted by Crippen LogP contribution is -2.25. The molecule has 0 aliphatic carbocycles. The fourth-order valence-electron chi connectivity index (χ4n) is 3.37. The van der Waals surface area contributed by atoms with Crippen molar-refractivity contribution >= 4 is 26.7 Å². The first-order valence-electron chi connectivity index (χ1n) is 8.52. The van der Waals surface area contributed by atoms with Crippen LogP contribution in [0.15, 0.2) is 39.5 Å². The van der Waals surface area contributed by atoms with E-state index in [1.54, 1.807) is 13.0 Å². The van der Waals surface area contributed by atoms with E-state index >= 15 is 0 Å². The molecule has 1 saturated heterocycles. The molecule has 0 saturated carbocycles. The highest BCUT2D eigenvalue weighted by atomic mass is 32.2. The molecule has 0 amide bonds. The second-order valence-electron chi connectivity index (χ2n) is 6.71. The van der Waals surface area contributed by atoms with E-state index in [1.165, 1.54) is 22.5 Å². The van der Waals surface area contributed by atoms with Crippen molar-refractivity contribution < 1.29 is 28.2 Å². The molecule has 28 heavy (non-hydrogen) atoms. The van der Waals surface area contributed by atoms with Gasteiger partial charge in [-0.2, -0.15) is 0 Å². The van der Waals surface area contributed by atoms with Crippen molar-refractivity contribution in [3.8, 4) is 28.6 Å². The molecule has 1 fully saturated rings. The first kappa shape index (κ1) is 18.2. The summed E-state index contributed by atoms with van der Waals surface area (Å²) in [5.41, 5.74) is 0.342. The molecule has 9 heteroatoms. The van der Waals surface area contributed by atoms with E-state index in [9.17, 15) is 28.5 Å². The van der Waals surface area contributed by atoms with Gasteiger partial charge in [0.2, 0.25) is 21.2 Å². The van der Waals surface area contributed by atoms with Gasteiger partial charge in [-0.15, -0.1) is 0 Å². The van der Waals surface area contributed by atoms with Gasteiger partial charge in [0.05, 0.1) is 16.8 Å². The summed E-state index contributed by atoms with van der Waals surface area (Å²) in [6, 6.07) is 6.82. The minimum absolute atomic E-state index is 0.00342. The zero-order chi connectivity index (χ0) is 20.2. The van der Waals surface area contributed by atoms with E-state index in [-0.39, 0.29) is 46.0 Å². The molecule has 2 heterocycles. The molecule has 0 bridgehead atoms. The maximum absolute atomic E-state index is 12.8. The number of phenolic OH excluding ortho intramolecular Hbond substituents is 2. The molecule has 146 valence electrons. The number of rotatable bonds is 2. The minimum atomic E-state index is -3.53. The van der Waals surface area contributed by atoms with Crippen molar-refractivity contribution in [3.05, 3.63) is 46.1 Å². The van der Waals surface area contributed by atoms with Crippen molar-refractivity contribution in [2.24, 2.45) is 0 Å². The predicted octanol–water partition coefficient (Wildman–Crippen LogP) is 2.43. The fourth-order valence-corrected chi connectivity index (χ4v) is 4.92. The van der Waals surface area contributed by atoms with Crippen molar-refractivity contribution in [1.82, 2.24) is 0 Å². The molecule has 2 aromatic carbocycles. The highest BCUT2D eigenvalue weighted by Crippen LogP contribution is 2.39. The first-order valence-corrected chi connectivity index (χ1v) is 10.1. The van der Waals surface area contributed by atoms with Crippen LogP contribution in [0.2, 0.25) is 0 Å². The summed E-state index contributed by atoms with van der Waals surface area (Å²) in [6.07, 6.45) is 0.457. The fraction of sp³-hybridized carbons (Fsp3) is 0.211. The maximum Gasteiger partial charge on any atom is 0.235 e. The molecule has 4 rings (SSSR count). The molecule has 0 atom stereocenters. The minimum Gasteiger partial charge on any atom is -0.504 e. The van der Waals surface area contributed by atoms with Gasteiger partial charge in [-0.1, -0.05) is 0 Å². The van der Waals surface area contributed by atoms with Gasteiger partial charge in [-0.3, -0.25) is 9.10 Å². The largest absolute Gasteiger partial charge is 0.504 e. The quantitative estimate of drug-likeness (QED) is 0.561. The Morgan fingerprint density at radius 3 is 2.46 bits per heavy atom. The predicted molar refractivity (Wildman–Crippen MR) is 103 cm³/mol. The summed E-state index contributed by atoms with van der Waals surface area (Å²) in [4.78, 5) is 12.8. The van der Waals surface area contributed by atoms with Crippen LogP contribution in [0.5, 0.6) is 17.2 Å². The number of hydrogen-bond donors (Lipinski definition) is 3. The Morgan fingerprint density at radius 2 is 1.82 bits per heavy atom. The van der Waals surface area contributed by atoms with Gasteiger partial charge in [0.25, 0.3) is 0 Å². The lowest BCUT2D eigenvalue weighted by Gasteiger charge is -2.19. The van der Waals surface area contributed by atoms with Gasteiger partial charge in [0, 0.05) is 12.1 Å². The molecule has 1 aliphatic heterocycles. The Labute approximate surface area is 159 Å². The smallest absolute Gasteiger partial charge is 0.235 e. The highest BCUT2D eigenvalue weighted by molar-refractivity contribution is 7.93. The number of hydrogen-bond acceptors (Lipinski definition) is 7. The Balaban J connectivity index is 2.06. The molecule has 3 aromatic rings. The summed E-state index contributed by atoms with van der Waals surface area (Å²) < 4.78 is 31.8. The van der Waals surface area contributed by atoms with Gasteiger partial charge >= 0.3 is 0 Å². The van der Waals surface area contributed by atoms with Crippen LogP contribution in [0.25, 0.3) is 22.3 Å². The second-order valence-corrected chi connectivity index (χ2v) is 8.73. The molecule has 0 radical (unpaired) electrons. The first-order chi connectivity index (χ1) is 13.2. The van der Waals surface area contributed by atoms with Crippen LogP contribution in [0.1, 0.15) is 12.0 Å². The lowest BCUT2D eigenvalue weighted by molar-refractivity contribution is 0.403. The third-order valence-corrected chi connectivity index (χ3v) is 6.55. The summed E-state index contributed by atoms with van der Waals surface area (Å²) in [6.45, 7) is 1.98. The van der Waals surface area contributed by atoms with E-state index in [1.807, 2.05) is 0 Å². The van der Waals surface area contributed by atoms with E-state index < -0.39 is 27.0 Å². The van der Waals surface area contributed by atoms with Gasteiger partial charge in [0.1, 0.15) is 0 Å². The van der Waals surface area contributed by atoms with Gasteiger partial charge < -0.3 is 19.7 Å². The highest BCUT2D eigenvalue weighted by Gasteiger charge is 2.31. The van der Waals surface area contributed by atoms with Crippen LogP contribution in [-0.4, -0.2) is 36.0 Å². The summed E-state index contributed by atoms with van der Waals surface area (Å²) in [5.74, 6) is -1.71. The number of benzene rings is 2. The third-order valence-electron chi connectivity index (χ3n) is 4.70. The summed E-state index contributed by atoms with van der Waals surface area (Å²) in [5, 5.41) is 29.6. The van der Waals surface area contributed by atoms with Crippen LogP contribution in [0.3, 0.4) is 0 Å². The monoisotopic (exact) mass is 403 g/mol. The summed E-state index contributed by atoms with van der Waals surface area (Å²) in [7, 11) is -3.53. The maximum atomic E-state index is 12.8. The zero-order valence-electron chi connectivity index (χ0n) is 14.8. The van der Waals surface area contributed by atoms with E-state index in [0.29, 0.717) is 12.0 Å². The average Bonchev–Trinajstić information content (AvgIpc) is 2.99. The van der Waals surface area contributed by atoms with Crippen molar-refractivity contribution in [2.45, 2.75) is 13.3 Å². The van der Waals surface area contributed by atoms with Crippen molar-refractivity contribution in [1.29, 1.82) is 0 Å². The standard InChI is InChI=1S/C19H17NO7S/c1-10-7-12-16(23)17(24)18(11-3-4-14(21)15(22)9-11)27-19(12)13(8-10)20-5-2-6-28(20,25)26/h3-4,7-9,21-22,24H,2,5-6H2,1H3. The Hall–Kier alpha value is -3.20. The lowest BCUT2D eigenvalue weighted by atomic mass is 10.1. The number of sulfonamides is 1. The topological polar surface area (TPSA) is 128 Å². The normalized spacial score (nSPS) is 16.0. The molecule has 0 unspecified atom stereocenters. The molecule has 1 aliphatic rings. The number of aromatic hydroxyl groups is 3. The number of aryl methyl sites for hydroxylation is 1.